The van der Waals surface area contributed by atoms with E-state index in [0.29, 0.717) is 18.1 Å². The summed E-state index contributed by atoms with van der Waals surface area (Å²) in [4.78, 5) is 4.89. The zero-order chi connectivity index (χ0) is 20.9. The molecule has 0 amide bonds. The Morgan fingerprint density at radius 1 is 0.867 bits per heavy atom. The largest absolute Gasteiger partial charge is 0.494 e. The normalized spacial score (nSPS) is 10.9. The van der Waals surface area contributed by atoms with Gasteiger partial charge in [0, 0.05) is 12.1 Å². The van der Waals surface area contributed by atoms with Crippen LogP contribution in [0.5, 0.6) is 17.2 Å². The lowest BCUT2D eigenvalue weighted by Gasteiger charge is -2.13. The Kier molecular flexibility index (Phi) is 5.89. The molecule has 0 aliphatic rings. The molecule has 3 aromatic carbocycles. The Morgan fingerprint density at radius 3 is 2.50 bits per heavy atom. The highest BCUT2D eigenvalue weighted by Gasteiger charge is 2.14. The predicted octanol–water partition coefficient (Wildman–Crippen LogP) is 5.50. The highest BCUT2D eigenvalue weighted by molar-refractivity contribution is 5.81. The number of hydrogen-bond acceptors (Lipinski definition) is 4. The molecule has 0 aliphatic heterocycles. The van der Waals surface area contributed by atoms with Crippen molar-refractivity contribution in [2.75, 3.05) is 20.8 Å². The number of benzene rings is 3. The zero-order valence-corrected chi connectivity index (χ0v) is 17.6. The van der Waals surface area contributed by atoms with Gasteiger partial charge in [0.1, 0.15) is 11.6 Å². The molecule has 0 radical (unpaired) electrons. The minimum absolute atomic E-state index is 0.640. The number of methoxy groups -OCH3 is 2. The van der Waals surface area contributed by atoms with Crippen molar-refractivity contribution < 1.29 is 14.2 Å². The van der Waals surface area contributed by atoms with Crippen LogP contribution in [0.15, 0.2) is 66.7 Å². The van der Waals surface area contributed by atoms with Crippen molar-refractivity contribution >= 4 is 11.0 Å². The van der Waals surface area contributed by atoms with E-state index in [-0.39, 0.29) is 0 Å². The summed E-state index contributed by atoms with van der Waals surface area (Å²) in [5.41, 5.74) is 4.27. The van der Waals surface area contributed by atoms with Gasteiger partial charge in [-0.3, -0.25) is 0 Å². The monoisotopic (exact) mass is 402 g/mol. The van der Waals surface area contributed by atoms with Gasteiger partial charge in [-0.25, -0.2) is 4.98 Å². The van der Waals surface area contributed by atoms with Crippen LogP contribution in [-0.4, -0.2) is 30.4 Å². The second-order valence-corrected chi connectivity index (χ2v) is 7.16. The Morgan fingerprint density at radius 2 is 1.70 bits per heavy atom. The number of fused-ring (bicyclic) bond motifs is 1. The first kappa shape index (κ1) is 19.8. The molecule has 0 bridgehead atoms. The number of para-hydroxylation sites is 2. The fourth-order valence-corrected chi connectivity index (χ4v) is 3.62. The van der Waals surface area contributed by atoms with E-state index in [4.69, 9.17) is 19.2 Å². The second-order valence-electron chi connectivity index (χ2n) is 7.16. The highest BCUT2D eigenvalue weighted by atomic mass is 16.5. The third-order valence-electron chi connectivity index (χ3n) is 5.08. The summed E-state index contributed by atoms with van der Waals surface area (Å²) >= 11 is 0. The summed E-state index contributed by atoms with van der Waals surface area (Å²) in [6.07, 6.45) is 0.870. The Hall–Kier alpha value is -3.47. The van der Waals surface area contributed by atoms with E-state index in [9.17, 15) is 0 Å². The Labute approximate surface area is 176 Å². The molecule has 0 atom stereocenters. The van der Waals surface area contributed by atoms with E-state index in [0.717, 1.165) is 41.1 Å². The molecule has 154 valence electrons. The molecule has 5 heteroatoms. The van der Waals surface area contributed by atoms with Crippen LogP contribution < -0.4 is 14.2 Å². The minimum Gasteiger partial charge on any atom is -0.494 e. The van der Waals surface area contributed by atoms with Crippen LogP contribution in [0.3, 0.4) is 0 Å². The molecule has 0 saturated carbocycles. The van der Waals surface area contributed by atoms with Gasteiger partial charge < -0.3 is 18.8 Å². The first-order chi connectivity index (χ1) is 14.7. The van der Waals surface area contributed by atoms with Gasteiger partial charge in [0.05, 0.1) is 31.9 Å². The standard InChI is InChI=1S/C25H26N2O3/c1-18-8-6-9-20(16-18)30-15-7-14-27-22-11-5-4-10-21(22)26-25(27)19-12-13-23(28-2)24(17-19)29-3/h4-6,8-13,16-17H,7,14-15H2,1-3H3. The summed E-state index contributed by atoms with van der Waals surface area (Å²) in [6, 6.07) is 22.2. The minimum atomic E-state index is 0.640. The lowest BCUT2D eigenvalue weighted by Crippen LogP contribution is -2.06. The van der Waals surface area contributed by atoms with E-state index in [1.54, 1.807) is 14.2 Å². The molecule has 1 heterocycles. The molecular weight excluding hydrogens is 376 g/mol. The summed E-state index contributed by atoms with van der Waals surface area (Å²) in [5, 5.41) is 0. The fraction of sp³-hybridized carbons (Fsp3) is 0.240. The van der Waals surface area contributed by atoms with Crippen molar-refractivity contribution in [2.45, 2.75) is 19.9 Å². The average molecular weight is 402 g/mol. The van der Waals surface area contributed by atoms with E-state index in [1.165, 1.54) is 5.56 Å². The Balaban J connectivity index is 1.59. The molecule has 0 aliphatic carbocycles. The highest BCUT2D eigenvalue weighted by Crippen LogP contribution is 2.33. The van der Waals surface area contributed by atoms with E-state index >= 15 is 0 Å². The first-order valence-corrected chi connectivity index (χ1v) is 10.1. The lowest BCUT2D eigenvalue weighted by molar-refractivity contribution is 0.302. The summed E-state index contributed by atoms with van der Waals surface area (Å²) < 4.78 is 19.1. The van der Waals surface area contributed by atoms with Gasteiger partial charge in [-0.05, 0) is 61.4 Å². The number of aromatic nitrogens is 2. The van der Waals surface area contributed by atoms with E-state index in [2.05, 4.69) is 29.7 Å². The molecule has 5 nitrogen and oxygen atoms in total. The van der Waals surface area contributed by atoms with Gasteiger partial charge >= 0.3 is 0 Å². The van der Waals surface area contributed by atoms with Crippen molar-refractivity contribution in [1.82, 2.24) is 9.55 Å². The number of hydrogen-bond donors (Lipinski definition) is 0. The summed E-state index contributed by atoms with van der Waals surface area (Å²) in [6.45, 7) is 3.51. The molecule has 4 aromatic rings. The molecule has 0 saturated heterocycles. The van der Waals surface area contributed by atoms with Crippen LogP contribution in [0.25, 0.3) is 22.4 Å². The van der Waals surface area contributed by atoms with Gasteiger partial charge in [0.15, 0.2) is 11.5 Å². The smallest absolute Gasteiger partial charge is 0.161 e. The Bertz CT molecular complexity index is 1150. The first-order valence-electron chi connectivity index (χ1n) is 10.1. The number of ether oxygens (including phenoxy) is 3. The molecular formula is C25H26N2O3. The second kappa shape index (κ2) is 8.91. The van der Waals surface area contributed by atoms with Crippen molar-refractivity contribution in [1.29, 1.82) is 0 Å². The van der Waals surface area contributed by atoms with Crippen LogP contribution in [0.1, 0.15) is 12.0 Å². The summed E-state index contributed by atoms with van der Waals surface area (Å²) in [5.74, 6) is 3.21. The average Bonchev–Trinajstić information content (AvgIpc) is 3.15. The topological polar surface area (TPSA) is 45.5 Å². The van der Waals surface area contributed by atoms with E-state index < -0.39 is 0 Å². The number of nitrogens with zero attached hydrogens (tertiary/aromatic N) is 2. The molecule has 0 unspecified atom stereocenters. The van der Waals surface area contributed by atoms with Gasteiger partial charge in [0.25, 0.3) is 0 Å². The maximum absolute atomic E-state index is 5.94. The third-order valence-corrected chi connectivity index (χ3v) is 5.08. The zero-order valence-electron chi connectivity index (χ0n) is 17.6. The van der Waals surface area contributed by atoms with Crippen LogP contribution in [0, 0.1) is 6.92 Å². The maximum Gasteiger partial charge on any atom is 0.161 e. The van der Waals surface area contributed by atoms with Crippen molar-refractivity contribution in [3.8, 4) is 28.6 Å². The quantitative estimate of drug-likeness (QED) is 0.365. The molecule has 4 rings (SSSR count). The van der Waals surface area contributed by atoms with Crippen LogP contribution in [0.2, 0.25) is 0 Å². The van der Waals surface area contributed by atoms with E-state index in [1.807, 2.05) is 48.5 Å². The lowest BCUT2D eigenvalue weighted by atomic mass is 10.2. The number of aryl methyl sites for hydroxylation is 2. The molecule has 30 heavy (non-hydrogen) atoms. The summed E-state index contributed by atoms with van der Waals surface area (Å²) in [7, 11) is 3.29. The van der Waals surface area contributed by atoms with Crippen LogP contribution in [0.4, 0.5) is 0 Å². The maximum atomic E-state index is 5.94. The van der Waals surface area contributed by atoms with Crippen molar-refractivity contribution in [3.05, 3.63) is 72.3 Å². The van der Waals surface area contributed by atoms with Gasteiger partial charge in [-0.15, -0.1) is 0 Å². The van der Waals surface area contributed by atoms with Gasteiger partial charge in [0.2, 0.25) is 0 Å². The van der Waals surface area contributed by atoms with Crippen LogP contribution in [-0.2, 0) is 6.54 Å². The van der Waals surface area contributed by atoms with Crippen molar-refractivity contribution in [3.63, 3.8) is 0 Å². The third kappa shape index (κ3) is 4.10. The SMILES string of the molecule is COc1ccc(-c2nc3ccccc3n2CCCOc2cccc(C)c2)cc1OC. The number of rotatable bonds is 8. The molecule has 0 spiro atoms. The van der Waals surface area contributed by atoms with Gasteiger partial charge in [-0.2, -0.15) is 0 Å². The van der Waals surface area contributed by atoms with Gasteiger partial charge in [-0.1, -0.05) is 24.3 Å². The molecule has 1 aromatic heterocycles. The molecule has 0 N–H and O–H groups in total. The van der Waals surface area contributed by atoms with Crippen LogP contribution >= 0.6 is 0 Å². The number of imidazole rings is 1. The fourth-order valence-electron chi connectivity index (χ4n) is 3.62. The predicted molar refractivity (Wildman–Crippen MR) is 120 cm³/mol. The molecule has 0 fully saturated rings. The van der Waals surface area contributed by atoms with Crippen molar-refractivity contribution in [2.24, 2.45) is 0 Å².